The van der Waals surface area contributed by atoms with E-state index in [1.807, 2.05) is 60.7 Å². The Hall–Kier alpha value is -3.17. The number of carbonyl (C=O) groups excluding carboxylic acids is 2. The van der Waals surface area contributed by atoms with Crippen LogP contribution >= 0.6 is 31.9 Å². The highest BCUT2D eigenvalue weighted by Gasteiger charge is 2.04. The number of hydrogen-bond donors (Lipinski definition) is 1. The Kier molecular flexibility index (Phi) is 17.3. The molecule has 0 radical (unpaired) electrons. The van der Waals surface area contributed by atoms with Crippen molar-refractivity contribution < 1.29 is 33.7 Å². The van der Waals surface area contributed by atoms with Crippen molar-refractivity contribution >= 4 is 49.4 Å². The number of halogens is 2. The Labute approximate surface area is 259 Å². The monoisotopic (exact) mass is 692 g/mol. The smallest absolute Gasteiger partial charge is 0.303 e. The number of benzene rings is 3. The van der Waals surface area contributed by atoms with E-state index in [4.69, 9.17) is 19.3 Å². The van der Waals surface area contributed by atoms with E-state index in [1.165, 1.54) is 5.56 Å². The number of aliphatic carboxylic acids is 1. The molecule has 0 aromatic heterocycles. The number of carboxylic acids is 1. The van der Waals surface area contributed by atoms with Crippen molar-refractivity contribution in [2.75, 3.05) is 21.3 Å². The molecule has 0 bridgehead atoms. The van der Waals surface area contributed by atoms with E-state index in [-0.39, 0.29) is 18.0 Å². The topological polar surface area (TPSA) is 99.1 Å². The van der Waals surface area contributed by atoms with E-state index < -0.39 is 5.97 Å². The fourth-order valence-corrected chi connectivity index (χ4v) is 4.59. The van der Waals surface area contributed by atoms with Crippen molar-refractivity contribution in [3.63, 3.8) is 0 Å². The Morgan fingerprint density at radius 1 is 0.610 bits per heavy atom. The first-order chi connectivity index (χ1) is 19.5. The van der Waals surface area contributed by atoms with Gasteiger partial charge in [0.05, 0.1) is 30.3 Å². The fraction of sp³-hybridized carbons (Fsp3) is 0.344. The van der Waals surface area contributed by atoms with Gasteiger partial charge in [0.25, 0.3) is 0 Å². The summed E-state index contributed by atoms with van der Waals surface area (Å²) < 4.78 is 17.0. The van der Waals surface area contributed by atoms with Crippen LogP contribution in [0.2, 0.25) is 0 Å². The lowest BCUT2D eigenvalue weighted by molar-refractivity contribution is -0.137. The minimum atomic E-state index is -0.781. The van der Waals surface area contributed by atoms with Gasteiger partial charge >= 0.3 is 5.97 Å². The first-order valence-electron chi connectivity index (χ1n) is 13.0. The first kappa shape index (κ1) is 35.9. The molecule has 222 valence electrons. The number of aryl methyl sites for hydroxylation is 3. The quantitative estimate of drug-likeness (QED) is 0.208. The van der Waals surface area contributed by atoms with Crippen molar-refractivity contribution in [1.82, 2.24) is 0 Å². The maximum absolute atomic E-state index is 10.8. The Morgan fingerprint density at radius 2 is 1.00 bits per heavy atom. The van der Waals surface area contributed by atoms with E-state index in [0.717, 1.165) is 50.2 Å². The van der Waals surface area contributed by atoms with E-state index in [2.05, 4.69) is 31.9 Å². The Morgan fingerprint density at radius 3 is 1.34 bits per heavy atom. The van der Waals surface area contributed by atoms with Gasteiger partial charge in [-0.05, 0) is 118 Å². The van der Waals surface area contributed by atoms with Gasteiger partial charge in [0.15, 0.2) is 0 Å². The highest BCUT2D eigenvalue weighted by Crippen LogP contribution is 2.26. The third-order valence-electron chi connectivity index (χ3n) is 5.75. The van der Waals surface area contributed by atoms with Gasteiger partial charge in [0, 0.05) is 19.3 Å². The molecule has 0 aliphatic carbocycles. The van der Waals surface area contributed by atoms with Crippen molar-refractivity contribution in [2.24, 2.45) is 0 Å². The molecule has 0 saturated carbocycles. The highest BCUT2D eigenvalue weighted by atomic mass is 79.9. The Balaban J connectivity index is 0.000000308. The van der Waals surface area contributed by atoms with Crippen molar-refractivity contribution in [3.8, 4) is 17.2 Å². The molecule has 0 spiro atoms. The molecule has 3 aromatic rings. The summed E-state index contributed by atoms with van der Waals surface area (Å²) in [5.41, 5.74) is 3.31. The van der Waals surface area contributed by atoms with Crippen LogP contribution < -0.4 is 14.2 Å². The van der Waals surface area contributed by atoms with Gasteiger partial charge in [-0.3, -0.25) is 4.79 Å². The molecular weight excluding hydrogens is 656 g/mol. The molecule has 0 unspecified atom stereocenters. The summed E-state index contributed by atoms with van der Waals surface area (Å²) in [7, 11) is 4.87. The first-order valence-corrected chi connectivity index (χ1v) is 14.6. The third-order valence-corrected chi connectivity index (χ3v) is 6.99. The van der Waals surface area contributed by atoms with Crippen LogP contribution in [0.3, 0.4) is 0 Å². The zero-order chi connectivity index (χ0) is 30.8. The van der Waals surface area contributed by atoms with Crippen LogP contribution in [0.15, 0.2) is 69.6 Å². The normalized spacial score (nSPS) is 9.83. The van der Waals surface area contributed by atoms with Gasteiger partial charge in [-0.2, -0.15) is 0 Å². The molecule has 9 heteroatoms. The SMILES string of the molecule is COc1ccc(CCC(=O)O)cc1Br.COc1ccc(CCC(C)=O)cc1.COc1ccc(CCC(C)=O)cc1Br. The van der Waals surface area contributed by atoms with Crippen molar-refractivity contribution in [2.45, 2.75) is 52.4 Å². The van der Waals surface area contributed by atoms with E-state index in [0.29, 0.717) is 19.3 Å². The summed E-state index contributed by atoms with van der Waals surface area (Å²) in [6, 6.07) is 19.2. The summed E-state index contributed by atoms with van der Waals surface area (Å²) in [5.74, 6) is 2.09. The lowest BCUT2D eigenvalue weighted by Gasteiger charge is -2.05. The predicted octanol–water partition coefficient (Wildman–Crippen LogP) is 7.67. The summed E-state index contributed by atoms with van der Waals surface area (Å²) in [6.45, 7) is 3.22. The second-order valence-electron chi connectivity index (χ2n) is 9.08. The zero-order valence-corrected chi connectivity index (χ0v) is 27.3. The molecule has 7 nitrogen and oxygen atoms in total. The molecule has 3 aromatic carbocycles. The van der Waals surface area contributed by atoms with Gasteiger partial charge in [0.1, 0.15) is 28.8 Å². The molecule has 1 N–H and O–H groups in total. The average molecular weight is 694 g/mol. The maximum atomic E-state index is 10.8. The summed E-state index contributed by atoms with van der Waals surface area (Å²) in [6.07, 6.45) is 3.51. The number of hydrogen-bond acceptors (Lipinski definition) is 6. The molecule has 0 atom stereocenters. The van der Waals surface area contributed by atoms with Crippen LogP contribution in [0.25, 0.3) is 0 Å². The molecule has 0 aliphatic rings. The summed E-state index contributed by atoms with van der Waals surface area (Å²) >= 11 is 6.75. The molecule has 0 fully saturated rings. The number of carbonyl (C=O) groups is 3. The number of methoxy groups -OCH3 is 3. The van der Waals surface area contributed by atoms with Gasteiger partial charge in [0.2, 0.25) is 0 Å². The zero-order valence-electron chi connectivity index (χ0n) is 24.2. The van der Waals surface area contributed by atoms with Gasteiger partial charge < -0.3 is 28.9 Å². The number of rotatable bonds is 12. The lowest BCUT2D eigenvalue weighted by Crippen LogP contribution is -1.97. The molecule has 0 saturated heterocycles. The largest absolute Gasteiger partial charge is 0.497 e. The third kappa shape index (κ3) is 15.4. The number of Topliss-reactive ketones (excluding diaryl/α,β-unsaturated/α-hetero) is 2. The van der Waals surface area contributed by atoms with E-state index in [1.54, 1.807) is 35.2 Å². The predicted molar refractivity (Wildman–Crippen MR) is 168 cm³/mol. The molecule has 0 amide bonds. The fourth-order valence-electron chi connectivity index (χ4n) is 3.41. The average Bonchev–Trinajstić information content (AvgIpc) is 2.95. The molecule has 41 heavy (non-hydrogen) atoms. The number of ether oxygens (including phenoxy) is 3. The molecule has 3 rings (SSSR count). The number of ketones is 2. The van der Waals surface area contributed by atoms with Gasteiger partial charge in [-0.15, -0.1) is 0 Å². The van der Waals surface area contributed by atoms with E-state index >= 15 is 0 Å². The van der Waals surface area contributed by atoms with Gasteiger partial charge in [-0.1, -0.05) is 24.3 Å². The van der Waals surface area contributed by atoms with Crippen LogP contribution in [0.4, 0.5) is 0 Å². The molecule has 0 aliphatic heterocycles. The highest BCUT2D eigenvalue weighted by molar-refractivity contribution is 9.10. The lowest BCUT2D eigenvalue weighted by atomic mass is 10.1. The second-order valence-corrected chi connectivity index (χ2v) is 10.8. The van der Waals surface area contributed by atoms with Crippen LogP contribution in [-0.4, -0.2) is 44.0 Å². The van der Waals surface area contributed by atoms with Crippen LogP contribution in [0, 0.1) is 0 Å². The number of carboxylic acid groups (broad SMARTS) is 1. The maximum Gasteiger partial charge on any atom is 0.303 e. The standard InChI is InChI=1S/C11H13BrO2.C11H14O2.C10H11BrO3/c1-8(13)3-4-9-5-6-11(14-2)10(12)7-9;1-9(12)3-4-10-5-7-11(13-2)8-6-10;1-14-9-4-2-7(6-8(9)11)3-5-10(12)13/h5-7H,3-4H2,1-2H3;5-8H,3-4H2,1-2H3;2,4,6H,3,5H2,1H3,(H,12,13). The van der Waals surface area contributed by atoms with Crippen LogP contribution in [0.1, 0.15) is 49.8 Å². The minimum Gasteiger partial charge on any atom is -0.497 e. The summed E-state index contributed by atoms with van der Waals surface area (Å²) in [5, 5.41) is 8.51. The minimum absolute atomic E-state index is 0.152. The molecule has 0 heterocycles. The molecular formula is C32H38Br2O7. The van der Waals surface area contributed by atoms with Crippen LogP contribution in [0.5, 0.6) is 17.2 Å². The van der Waals surface area contributed by atoms with Gasteiger partial charge in [-0.25, -0.2) is 0 Å². The van der Waals surface area contributed by atoms with Crippen molar-refractivity contribution in [3.05, 3.63) is 86.3 Å². The second kappa shape index (κ2) is 19.8. The summed E-state index contributed by atoms with van der Waals surface area (Å²) in [4.78, 5) is 31.8. The van der Waals surface area contributed by atoms with Crippen LogP contribution in [-0.2, 0) is 33.6 Å². The van der Waals surface area contributed by atoms with Crippen molar-refractivity contribution in [1.29, 1.82) is 0 Å². The Bertz CT molecular complexity index is 1190. The van der Waals surface area contributed by atoms with E-state index in [9.17, 15) is 14.4 Å².